The van der Waals surface area contributed by atoms with Gasteiger partial charge in [0, 0.05) is 12.5 Å². The molecule has 1 N–H and O–H groups in total. The molecular formula is C9H20O3. The topological polar surface area (TPSA) is 38.7 Å². The molecule has 0 spiro atoms. The Balaban J connectivity index is 3.63. The van der Waals surface area contributed by atoms with Gasteiger partial charge in [0.1, 0.15) is 0 Å². The van der Waals surface area contributed by atoms with Crippen LogP contribution in [0.2, 0.25) is 0 Å². The van der Waals surface area contributed by atoms with Crippen molar-refractivity contribution in [2.75, 3.05) is 20.3 Å². The highest BCUT2D eigenvalue weighted by atomic mass is 16.6. The summed E-state index contributed by atoms with van der Waals surface area (Å²) in [5, 5.41) is 9.53. The van der Waals surface area contributed by atoms with Crippen LogP contribution in [0.1, 0.15) is 27.2 Å². The monoisotopic (exact) mass is 176 g/mol. The van der Waals surface area contributed by atoms with Gasteiger partial charge in [0.25, 0.3) is 0 Å². The third kappa shape index (κ3) is 4.04. The van der Waals surface area contributed by atoms with Gasteiger partial charge in [0.15, 0.2) is 6.29 Å². The number of hydrogen-bond acceptors (Lipinski definition) is 3. The number of aliphatic hydroxyl groups excluding tert-OH is 1. The van der Waals surface area contributed by atoms with Crippen molar-refractivity contribution in [2.24, 2.45) is 5.41 Å². The fourth-order valence-electron chi connectivity index (χ4n) is 0.643. The maximum atomic E-state index is 9.53. The highest BCUT2D eigenvalue weighted by molar-refractivity contribution is 4.69. The zero-order valence-electron chi connectivity index (χ0n) is 8.46. The molecule has 1 unspecified atom stereocenters. The van der Waals surface area contributed by atoms with Crippen LogP contribution in [0.5, 0.6) is 0 Å². The maximum absolute atomic E-state index is 9.53. The average Bonchev–Trinajstić information content (AvgIpc) is 2.05. The summed E-state index contributed by atoms with van der Waals surface area (Å²) >= 11 is 0. The van der Waals surface area contributed by atoms with Crippen molar-refractivity contribution >= 4 is 0 Å². The highest BCUT2D eigenvalue weighted by Gasteiger charge is 2.26. The SMILES string of the molecule is CCC(C)(C)C(O)OCCOC. The van der Waals surface area contributed by atoms with Gasteiger partial charge in [0.2, 0.25) is 0 Å². The van der Waals surface area contributed by atoms with E-state index in [2.05, 4.69) is 0 Å². The van der Waals surface area contributed by atoms with Gasteiger partial charge in [-0.1, -0.05) is 20.8 Å². The fraction of sp³-hybridized carbons (Fsp3) is 1.00. The van der Waals surface area contributed by atoms with Gasteiger partial charge < -0.3 is 14.6 Å². The molecular weight excluding hydrogens is 156 g/mol. The van der Waals surface area contributed by atoms with E-state index in [0.29, 0.717) is 13.2 Å². The zero-order chi connectivity index (χ0) is 9.61. The number of ether oxygens (including phenoxy) is 2. The highest BCUT2D eigenvalue weighted by Crippen LogP contribution is 2.25. The number of aliphatic hydroxyl groups is 1. The average molecular weight is 176 g/mol. The number of methoxy groups -OCH3 is 1. The molecule has 0 amide bonds. The lowest BCUT2D eigenvalue weighted by Crippen LogP contribution is -2.32. The van der Waals surface area contributed by atoms with Gasteiger partial charge >= 0.3 is 0 Å². The minimum atomic E-state index is -0.697. The molecule has 0 aromatic rings. The molecule has 0 rings (SSSR count). The van der Waals surface area contributed by atoms with E-state index in [-0.39, 0.29) is 5.41 Å². The van der Waals surface area contributed by atoms with Crippen molar-refractivity contribution in [1.29, 1.82) is 0 Å². The summed E-state index contributed by atoms with van der Waals surface area (Å²) in [5.41, 5.74) is -0.173. The van der Waals surface area contributed by atoms with Crippen LogP contribution in [-0.2, 0) is 9.47 Å². The van der Waals surface area contributed by atoms with Crippen LogP contribution >= 0.6 is 0 Å². The van der Waals surface area contributed by atoms with Gasteiger partial charge in [0.05, 0.1) is 13.2 Å². The lowest BCUT2D eigenvalue weighted by molar-refractivity contribution is -0.171. The lowest BCUT2D eigenvalue weighted by atomic mass is 9.90. The first kappa shape index (κ1) is 11.9. The summed E-state index contributed by atoms with van der Waals surface area (Å²) in [4.78, 5) is 0. The maximum Gasteiger partial charge on any atom is 0.159 e. The molecule has 0 bridgehead atoms. The van der Waals surface area contributed by atoms with Crippen LogP contribution in [0.3, 0.4) is 0 Å². The molecule has 0 aliphatic heterocycles. The van der Waals surface area contributed by atoms with Crippen LogP contribution in [0.25, 0.3) is 0 Å². The zero-order valence-corrected chi connectivity index (χ0v) is 8.46. The number of hydrogen-bond donors (Lipinski definition) is 1. The Morgan fingerprint density at radius 2 is 1.92 bits per heavy atom. The first-order valence-corrected chi connectivity index (χ1v) is 4.33. The van der Waals surface area contributed by atoms with E-state index < -0.39 is 6.29 Å². The van der Waals surface area contributed by atoms with Crippen LogP contribution in [-0.4, -0.2) is 31.7 Å². The summed E-state index contributed by atoms with van der Waals surface area (Å²) < 4.78 is 9.97. The van der Waals surface area contributed by atoms with Crippen LogP contribution in [0.15, 0.2) is 0 Å². The Labute approximate surface area is 74.7 Å². The largest absolute Gasteiger partial charge is 0.382 e. The van der Waals surface area contributed by atoms with Gasteiger partial charge in [-0.2, -0.15) is 0 Å². The Bertz CT molecular complexity index is 112. The summed E-state index contributed by atoms with van der Waals surface area (Å²) in [5.74, 6) is 0. The molecule has 0 saturated carbocycles. The second kappa shape index (κ2) is 5.51. The third-order valence-corrected chi connectivity index (χ3v) is 2.14. The van der Waals surface area contributed by atoms with Crippen LogP contribution in [0.4, 0.5) is 0 Å². The molecule has 0 radical (unpaired) electrons. The minimum absolute atomic E-state index is 0.173. The smallest absolute Gasteiger partial charge is 0.159 e. The molecule has 0 aliphatic carbocycles. The fourth-order valence-corrected chi connectivity index (χ4v) is 0.643. The minimum Gasteiger partial charge on any atom is -0.382 e. The summed E-state index contributed by atoms with van der Waals surface area (Å²) in [6.07, 6.45) is 0.193. The summed E-state index contributed by atoms with van der Waals surface area (Å²) in [6.45, 7) is 6.95. The molecule has 3 heteroatoms. The Hall–Kier alpha value is -0.120. The molecule has 0 aromatic carbocycles. The molecule has 12 heavy (non-hydrogen) atoms. The Morgan fingerprint density at radius 3 is 2.33 bits per heavy atom. The first-order chi connectivity index (χ1) is 5.54. The van der Waals surface area contributed by atoms with Gasteiger partial charge in [-0.05, 0) is 6.42 Å². The van der Waals surface area contributed by atoms with E-state index in [1.807, 2.05) is 20.8 Å². The molecule has 0 fully saturated rings. The van der Waals surface area contributed by atoms with E-state index >= 15 is 0 Å². The van der Waals surface area contributed by atoms with Gasteiger partial charge in [-0.15, -0.1) is 0 Å². The van der Waals surface area contributed by atoms with Crippen molar-refractivity contribution in [3.05, 3.63) is 0 Å². The van der Waals surface area contributed by atoms with Crippen molar-refractivity contribution in [3.8, 4) is 0 Å². The molecule has 0 aromatic heterocycles. The number of rotatable bonds is 6. The quantitative estimate of drug-likeness (QED) is 0.491. The standard InChI is InChI=1S/C9H20O3/c1-5-9(2,3)8(10)12-7-6-11-4/h8,10H,5-7H2,1-4H3. The second-order valence-electron chi connectivity index (χ2n) is 3.56. The van der Waals surface area contributed by atoms with E-state index in [1.54, 1.807) is 7.11 Å². The molecule has 74 valence electrons. The van der Waals surface area contributed by atoms with Crippen molar-refractivity contribution in [2.45, 2.75) is 33.5 Å². The lowest BCUT2D eigenvalue weighted by Gasteiger charge is -2.28. The van der Waals surface area contributed by atoms with Crippen molar-refractivity contribution in [3.63, 3.8) is 0 Å². The van der Waals surface area contributed by atoms with E-state index in [0.717, 1.165) is 6.42 Å². The predicted octanol–water partition coefficient (Wildman–Crippen LogP) is 1.40. The van der Waals surface area contributed by atoms with Crippen molar-refractivity contribution in [1.82, 2.24) is 0 Å². The van der Waals surface area contributed by atoms with Crippen molar-refractivity contribution < 1.29 is 14.6 Å². The molecule has 0 heterocycles. The molecule has 1 atom stereocenters. The molecule has 0 saturated heterocycles. The molecule has 3 nitrogen and oxygen atoms in total. The summed E-state index contributed by atoms with van der Waals surface area (Å²) in [6, 6.07) is 0. The van der Waals surface area contributed by atoms with Gasteiger partial charge in [-0.25, -0.2) is 0 Å². The predicted molar refractivity (Wildman–Crippen MR) is 47.9 cm³/mol. The normalized spacial score (nSPS) is 14.8. The Morgan fingerprint density at radius 1 is 1.33 bits per heavy atom. The van der Waals surface area contributed by atoms with Gasteiger partial charge in [-0.3, -0.25) is 0 Å². The first-order valence-electron chi connectivity index (χ1n) is 4.33. The summed E-state index contributed by atoms with van der Waals surface area (Å²) in [7, 11) is 1.61. The van der Waals surface area contributed by atoms with E-state index in [1.165, 1.54) is 0 Å². The Kier molecular flexibility index (Phi) is 5.46. The molecule has 0 aliphatic rings. The van der Waals surface area contributed by atoms with E-state index in [9.17, 15) is 5.11 Å². The van der Waals surface area contributed by atoms with E-state index in [4.69, 9.17) is 9.47 Å². The second-order valence-corrected chi connectivity index (χ2v) is 3.56. The van der Waals surface area contributed by atoms with Crippen LogP contribution in [0, 0.1) is 5.41 Å². The van der Waals surface area contributed by atoms with Crippen LogP contribution < -0.4 is 0 Å². The third-order valence-electron chi connectivity index (χ3n) is 2.14.